The third-order valence-corrected chi connectivity index (χ3v) is 3.29. The Hall–Kier alpha value is -0.680. The molecule has 0 aliphatic carbocycles. The molecule has 2 N–H and O–H groups in total. The Balaban J connectivity index is 2.59. The van der Waals surface area contributed by atoms with Crippen molar-refractivity contribution in [1.29, 1.82) is 0 Å². The molecule has 1 heterocycles. The Morgan fingerprint density at radius 2 is 2.19 bits per heavy atom. The normalized spacial score (nSPS) is 21.2. The standard InChI is InChI=1S/C11H20N2O2S/c1-3-8(4-2)11(14)13-5-6-15-9(7-13)10(12)16/h8-9H,3-7H2,1-2H3,(H2,12,16). The van der Waals surface area contributed by atoms with E-state index in [1.165, 1.54) is 0 Å². The van der Waals surface area contributed by atoms with E-state index < -0.39 is 0 Å². The molecule has 0 spiro atoms. The van der Waals surface area contributed by atoms with Crippen molar-refractivity contribution in [3.63, 3.8) is 0 Å². The highest BCUT2D eigenvalue weighted by Gasteiger charge is 2.28. The first-order valence-electron chi connectivity index (χ1n) is 5.79. The fourth-order valence-corrected chi connectivity index (χ4v) is 2.06. The van der Waals surface area contributed by atoms with Gasteiger partial charge in [-0.05, 0) is 12.8 Å². The van der Waals surface area contributed by atoms with Crippen LogP contribution in [0.25, 0.3) is 0 Å². The van der Waals surface area contributed by atoms with E-state index in [1.807, 2.05) is 18.7 Å². The molecule has 1 saturated heterocycles. The molecule has 1 fully saturated rings. The van der Waals surface area contributed by atoms with Crippen LogP contribution in [0.5, 0.6) is 0 Å². The number of hydrogen-bond acceptors (Lipinski definition) is 3. The molecule has 0 aromatic carbocycles. The first kappa shape index (κ1) is 13.4. The van der Waals surface area contributed by atoms with Gasteiger partial charge in [0.05, 0.1) is 13.2 Å². The molecule has 1 atom stereocenters. The molecule has 0 aromatic heterocycles. The lowest BCUT2D eigenvalue weighted by molar-refractivity contribution is -0.141. The summed E-state index contributed by atoms with van der Waals surface area (Å²) in [4.78, 5) is 14.3. The highest BCUT2D eigenvalue weighted by Crippen LogP contribution is 2.15. The molecule has 1 aliphatic heterocycles. The molecule has 0 radical (unpaired) electrons. The van der Waals surface area contributed by atoms with Crippen LogP contribution in [0.15, 0.2) is 0 Å². The molecule has 16 heavy (non-hydrogen) atoms. The maximum absolute atomic E-state index is 12.1. The van der Waals surface area contributed by atoms with Crippen molar-refractivity contribution in [3.05, 3.63) is 0 Å². The van der Waals surface area contributed by atoms with E-state index in [-0.39, 0.29) is 17.9 Å². The number of morpholine rings is 1. The number of rotatable bonds is 4. The summed E-state index contributed by atoms with van der Waals surface area (Å²) >= 11 is 4.89. The first-order chi connectivity index (χ1) is 7.60. The SMILES string of the molecule is CCC(CC)C(=O)N1CCOC(C(N)=S)C1. The number of carbonyl (C=O) groups excluding carboxylic acids is 1. The van der Waals surface area contributed by atoms with E-state index >= 15 is 0 Å². The van der Waals surface area contributed by atoms with Gasteiger partial charge in [0, 0.05) is 12.5 Å². The summed E-state index contributed by atoms with van der Waals surface area (Å²) in [5.41, 5.74) is 5.54. The van der Waals surface area contributed by atoms with Crippen LogP contribution < -0.4 is 5.73 Å². The zero-order valence-corrected chi connectivity index (χ0v) is 10.8. The predicted molar refractivity (Wildman–Crippen MR) is 67.2 cm³/mol. The Kier molecular flexibility index (Phi) is 5.15. The van der Waals surface area contributed by atoms with Gasteiger partial charge in [0.2, 0.25) is 5.91 Å². The third-order valence-electron chi connectivity index (χ3n) is 3.03. The van der Waals surface area contributed by atoms with Gasteiger partial charge in [-0.25, -0.2) is 0 Å². The second-order valence-electron chi connectivity index (χ2n) is 4.06. The van der Waals surface area contributed by atoms with Crippen LogP contribution in [0.2, 0.25) is 0 Å². The van der Waals surface area contributed by atoms with Crippen molar-refractivity contribution in [2.75, 3.05) is 19.7 Å². The Morgan fingerprint density at radius 3 is 2.69 bits per heavy atom. The minimum Gasteiger partial charge on any atom is -0.391 e. The lowest BCUT2D eigenvalue weighted by atomic mass is 10.0. The third kappa shape index (κ3) is 3.15. The minimum absolute atomic E-state index is 0.116. The molecular formula is C11H20N2O2S. The minimum atomic E-state index is -0.276. The summed E-state index contributed by atoms with van der Waals surface area (Å²) in [7, 11) is 0. The van der Waals surface area contributed by atoms with E-state index in [0.29, 0.717) is 24.7 Å². The Morgan fingerprint density at radius 1 is 1.56 bits per heavy atom. The number of nitrogens with two attached hydrogens (primary N) is 1. The van der Waals surface area contributed by atoms with Crippen molar-refractivity contribution >= 4 is 23.1 Å². The summed E-state index contributed by atoms with van der Waals surface area (Å²) in [5.74, 6) is 0.319. The van der Waals surface area contributed by atoms with Crippen LogP contribution in [-0.2, 0) is 9.53 Å². The molecular weight excluding hydrogens is 224 g/mol. The van der Waals surface area contributed by atoms with Gasteiger partial charge in [-0.2, -0.15) is 0 Å². The Labute approximate surface area is 102 Å². The molecule has 92 valence electrons. The van der Waals surface area contributed by atoms with Crippen molar-refractivity contribution in [2.45, 2.75) is 32.8 Å². The van der Waals surface area contributed by atoms with Gasteiger partial charge in [-0.3, -0.25) is 4.79 Å². The predicted octanol–water partition coefficient (Wildman–Crippen LogP) is 0.936. The van der Waals surface area contributed by atoms with E-state index in [1.54, 1.807) is 0 Å². The van der Waals surface area contributed by atoms with Crippen LogP contribution in [0.1, 0.15) is 26.7 Å². The molecule has 1 unspecified atom stereocenters. The Bertz CT molecular complexity index is 267. The summed E-state index contributed by atoms with van der Waals surface area (Å²) in [6.07, 6.45) is 1.48. The van der Waals surface area contributed by atoms with E-state index in [2.05, 4.69) is 0 Å². The number of carbonyl (C=O) groups is 1. The zero-order valence-electron chi connectivity index (χ0n) is 9.94. The lowest BCUT2D eigenvalue weighted by Crippen LogP contribution is -2.51. The van der Waals surface area contributed by atoms with Crippen LogP contribution in [0.4, 0.5) is 0 Å². The smallest absolute Gasteiger partial charge is 0.225 e. The largest absolute Gasteiger partial charge is 0.391 e. The quantitative estimate of drug-likeness (QED) is 0.748. The zero-order chi connectivity index (χ0) is 12.1. The lowest BCUT2D eigenvalue weighted by Gasteiger charge is -2.34. The van der Waals surface area contributed by atoms with Gasteiger partial charge in [-0.1, -0.05) is 26.1 Å². The number of hydrogen-bond donors (Lipinski definition) is 1. The van der Waals surface area contributed by atoms with Gasteiger partial charge in [-0.15, -0.1) is 0 Å². The molecule has 0 aromatic rings. The van der Waals surface area contributed by atoms with Crippen molar-refractivity contribution in [3.8, 4) is 0 Å². The molecule has 5 heteroatoms. The topological polar surface area (TPSA) is 55.6 Å². The van der Waals surface area contributed by atoms with Gasteiger partial charge >= 0.3 is 0 Å². The average Bonchev–Trinajstić information content (AvgIpc) is 2.30. The van der Waals surface area contributed by atoms with Crippen LogP contribution in [0.3, 0.4) is 0 Å². The summed E-state index contributed by atoms with van der Waals surface area (Å²) < 4.78 is 5.41. The summed E-state index contributed by atoms with van der Waals surface area (Å²) in [6.45, 7) is 5.75. The van der Waals surface area contributed by atoms with Gasteiger partial charge < -0.3 is 15.4 Å². The molecule has 0 bridgehead atoms. The number of amides is 1. The molecule has 1 amide bonds. The highest BCUT2D eigenvalue weighted by molar-refractivity contribution is 7.80. The number of thiocarbonyl (C=S) groups is 1. The summed E-state index contributed by atoms with van der Waals surface area (Å²) in [5, 5.41) is 0. The van der Waals surface area contributed by atoms with Crippen LogP contribution in [-0.4, -0.2) is 41.6 Å². The highest BCUT2D eigenvalue weighted by atomic mass is 32.1. The van der Waals surface area contributed by atoms with Crippen LogP contribution >= 0.6 is 12.2 Å². The first-order valence-corrected chi connectivity index (χ1v) is 6.20. The molecule has 0 saturated carbocycles. The van der Waals surface area contributed by atoms with Crippen molar-refractivity contribution < 1.29 is 9.53 Å². The average molecular weight is 244 g/mol. The van der Waals surface area contributed by atoms with E-state index in [9.17, 15) is 4.79 Å². The van der Waals surface area contributed by atoms with Crippen molar-refractivity contribution in [1.82, 2.24) is 4.90 Å². The van der Waals surface area contributed by atoms with Gasteiger partial charge in [0.1, 0.15) is 11.1 Å². The van der Waals surface area contributed by atoms with Gasteiger partial charge in [0.25, 0.3) is 0 Å². The molecule has 4 nitrogen and oxygen atoms in total. The second-order valence-corrected chi connectivity index (χ2v) is 4.53. The van der Waals surface area contributed by atoms with Gasteiger partial charge in [0.15, 0.2) is 0 Å². The molecule has 1 aliphatic rings. The van der Waals surface area contributed by atoms with Crippen molar-refractivity contribution in [2.24, 2.45) is 11.7 Å². The maximum atomic E-state index is 12.1. The maximum Gasteiger partial charge on any atom is 0.225 e. The monoisotopic (exact) mass is 244 g/mol. The fourth-order valence-electron chi connectivity index (χ4n) is 1.92. The second kappa shape index (κ2) is 6.15. The van der Waals surface area contributed by atoms with E-state index in [0.717, 1.165) is 12.8 Å². The van der Waals surface area contributed by atoms with Crippen LogP contribution in [0, 0.1) is 5.92 Å². The molecule has 1 rings (SSSR count). The van der Waals surface area contributed by atoms with E-state index in [4.69, 9.17) is 22.7 Å². The number of nitrogens with zero attached hydrogens (tertiary/aromatic N) is 1. The number of ether oxygens (including phenoxy) is 1. The summed E-state index contributed by atoms with van der Waals surface area (Å²) in [6, 6.07) is 0. The fraction of sp³-hybridized carbons (Fsp3) is 0.818.